The largest absolute Gasteiger partial charge is 0.495 e. The van der Waals surface area contributed by atoms with Gasteiger partial charge in [0.1, 0.15) is 5.75 Å². The standard InChI is InChI=1S/C14H15BrClNOS/c1-8-4-11(15)6-12(18-3)14(8)17-9(2)10-5-13(16)19-7-10/h4-7,9,17H,1-3H3. The average molecular weight is 361 g/mol. The summed E-state index contributed by atoms with van der Waals surface area (Å²) < 4.78 is 7.25. The summed E-state index contributed by atoms with van der Waals surface area (Å²) in [7, 11) is 1.68. The molecule has 2 rings (SSSR count). The number of halogens is 2. The summed E-state index contributed by atoms with van der Waals surface area (Å²) in [5.41, 5.74) is 3.33. The predicted octanol–water partition coefficient (Wildman–Crippen LogP) is 5.65. The van der Waals surface area contributed by atoms with Crippen LogP contribution in [0.4, 0.5) is 5.69 Å². The van der Waals surface area contributed by atoms with Crippen LogP contribution in [0.25, 0.3) is 0 Å². The van der Waals surface area contributed by atoms with E-state index in [1.807, 2.05) is 12.1 Å². The van der Waals surface area contributed by atoms with Crippen LogP contribution >= 0.6 is 38.9 Å². The molecule has 0 radical (unpaired) electrons. The van der Waals surface area contributed by atoms with Crippen LogP contribution in [0, 0.1) is 6.92 Å². The summed E-state index contributed by atoms with van der Waals surface area (Å²) in [5.74, 6) is 0.833. The van der Waals surface area contributed by atoms with Crippen LogP contribution in [0.15, 0.2) is 28.1 Å². The number of aryl methyl sites for hydroxylation is 1. The number of nitrogens with one attached hydrogen (secondary N) is 1. The van der Waals surface area contributed by atoms with Gasteiger partial charge in [0.25, 0.3) is 0 Å². The maximum atomic E-state index is 5.98. The molecule has 19 heavy (non-hydrogen) atoms. The first-order chi connectivity index (χ1) is 9.01. The number of rotatable bonds is 4. The molecule has 0 fully saturated rings. The third-order valence-corrected chi connectivity index (χ3v) is 4.50. The second-order valence-corrected chi connectivity index (χ2v) is 6.81. The van der Waals surface area contributed by atoms with Crippen molar-refractivity contribution in [1.29, 1.82) is 0 Å². The molecule has 0 amide bonds. The molecule has 0 spiro atoms. The van der Waals surface area contributed by atoms with Crippen molar-refractivity contribution in [2.45, 2.75) is 19.9 Å². The van der Waals surface area contributed by atoms with E-state index in [0.717, 1.165) is 25.8 Å². The molecule has 1 N–H and O–H groups in total. The summed E-state index contributed by atoms with van der Waals surface area (Å²) in [5, 5.41) is 5.56. The van der Waals surface area contributed by atoms with E-state index in [1.54, 1.807) is 18.4 Å². The van der Waals surface area contributed by atoms with Crippen LogP contribution in [0.3, 0.4) is 0 Å². The topological polar surface area (TPSA) is 21.3 Å². The Hall–Kier alpha value is -0.710. The van der Waals surface area contributed by atoms with Gasteiger partial charge < -0.3 is 10.1 Å². The first-order valence-electron chi connectivity index (χ1n) is 5.86. The first-order valence-corrected chi connectivity index (χ1v) is 7.91. The van der Waals surface area contributed by atoms with E-state index in [-0.39, 0.29) is 6.04 Å². The summed E-state index contributed by atoms with van der Waals surface area (Å²) >= 11 is 11.0. The van der Waals surface area contributed by atoms with E-state index in [9.17, 15) is 0 Å². The molecule has 0 aliphatic rings. The molecule has 0 saturated carbocycles. The lowest BCUT2D eigenvalue weighted by Gasteiger charge is -2.19. The smallest absolute Gasteiger partial charge is 0.143 e. The van der Waals surface area contributed by atoms with Crippen molar-refractivity contribution in [2.75, 3.05) is 12.4 Å². The molecule has 0 saturated heterocycles. The fraction of sp³-hybridized carbons (Fsp3) is 0.286. The van der Waals surface area contributed by atoms with Gasteiger partial charge in [-0.1, -0.05) is 27.5 Å². The van der Waals surface area contributed by atoms with Crippen molar-refractivity contribution in [1.82, 2.24) is 0 Å². The van der Waals surface area contributed by atoms with Gasteiger partial charge in [-0.2, -0.15) is 0 Å². The highest BCUT2D eigenvalue weighted by molar-refractivity contribution is 9.10. The Morgan fingerprint density at radius 3 is 2.68 bits per heavy atom. The Kier molecular flexibility index (Phi) is 4.76. The number of thiophene rings is 1. The zero-order valence-corrected chi connectivity index (χ0v) is 14.1. The summed E-state index contributed by atoms with van der Waals surface area (Å²) in [6, 6.07) is 6.20. The van der Waals surface area contributed by atoms with E-state index in [1.165, 1.54) is 5.56 Å². The van der Waals surface area contributed by atoms with Gasteiger partial charge in [-0.25, -0.2) is 0 Å². The van der Waals surface area contributed by atoms with Crippen LogP contribution < -0.4 is 10.1 Å². The molecule has 5 heteroatoms. The van der Waals surface area contributed by atoms with Crippen LogP contribution in [0.1, 0.15) is 24.1 Å². The average Bonchev–Trinajstić information content (AvgIpc) is 2.78. The van der Waals surface area contributed by atoms with Crippen molar-refractivity contribution in [3.05, 3.63) is 43.5 Å². The Bertz CT molecular complexity index is 585. The molecule has 0 aliphatic carbocycles. The van der Waals surface area contributed by atoms with Crippen LogP contribution in [-0.2, 0) is 0 Å². The minimum atomic E-state index is 0.178. The van der Waals surface area contributed by atoms with Crippen molar-refractivity contribution in [2.24, 2.45) is 0 Å². The lowest BCUT2D eigenvalue weighted by Crippen LogP contribution is -2.08. The molecule has 1 heterocycles. The second-order valence-electron chi connectivity index (χ2n) is 4.35. The van der Waals surface area contributed by atoms with E-state index < -0.39 is 0 Å². The van der Waals surface area contributed by atoms with Gasteiger partial charge in [0.05, 0.1) is 17.1 Å². The minimum absolute atomic E-state index is 0.178. The number of benzene rings is 1. The Labute approximate surface area is 130 Å². The Morgan fingerprint density at radius 1 is 1.37 bits per heavy atom. The van der Waals surface area contributed by atoms with Crippen LogP contribution in [0.5, 0.6) is 5.75 Å². The molecule has 0 aliphatic heterocycles. The highest BCUT2D eigenvalue weighted by Crippen LogP contribution is 2.35. The second kappa shape index (κ2) is 6.16. The lowest BCUT2D eigenvalue weighted by molar-refractivity contribution is 0.415. The zero-order valence-electron chi connectivity index (χ0n) is 11.0. The van der Waals surface area contributed by atoms with Crippen LogP contribution in [0.2, 0.25) is 4.34 Å². The zero-order chi connectivity index (χ0) is 14.0. The third-order valence-electron chi connectivity index (χ3n) is 2.93. The van der Waals surface area contributed by atoms with Crippen molar-refractivity contribution in [3.8, 4) is 5.75 Å². The molecule has 2 nitrogen and oxygen atoms in total. The number of hydrogen-bond donors (Lipinski definition) is 1. The number of hydrogen-bond acceptors (Lipinski definition) is 3. The van der Waals surface area contributed by atoms with E-state index in [2.05, 4.69) is 46.5 Å². The highest BCUT2D eigenvalue weighted by atomic mass is 79.9. The third kappa shape index (κ3) is 3.44. The van der Waals surface area contributed by atoms with Gasteiger partial charge in [-0.15, -0.1) is 11.3 Å². The Balaban J connectivity index is 2.28. The predicted molar refractivity (Wildman–Crippen MR) is 86.8 cm³/mol. The van der Waals surface area contributed by atoms with E-state index in [0.29, 0.717) is 0 Å². The maximum Gasteiger partial charge on any atom is 0.143 e. The molecule has 0 bridgehead atoms. The van der Waals surface area contributed by atoms with Gasteiger partial charge in [0, 0.05) is 10.5 Å². The molecule has 1 unspecified atom stereocenters. The van der Waals surface area contributed by atoms with Crippen molar-refractivity contribution < 1.29 is 4.74 Å². The molecule has 1 aromatic heterocycles. The fourth-order valence-electron chi connectivity index (χ4n) is 1.91. The highest BCUT2D eigenvalue weighted by Gasteiger charge is 2.13. The molecule has 102 valence electrons. The van der Waals surface area contributed by atoms with Gasteiger partial charge in [-0.05, 0) is 48.6 Å². The number of ether oxygens (including phenoxy) is 1. The molecule has 1 aromatic carbocycles. The lowest BCUT2D eigenvalue weighted by atomic mass is 10.1. The fourth-order valence-corrected chi connectivity index (χ4v) is 3.44. The normalized spacial score (nSPS) is 12.3. The van der Waals surface area contributed by atoms with Crippen molar-refractivity contribution in [3.63, 3.8) is 0 Å². The summed E-state index contributed by atoms with van der Waals surface area (Å²) in [6.07, 6.45) is 0. The monoisotopic (exact) mass is 359 g/mol. The number of methoxy groups -OCH3 is 1. The SMILES string of the molecule is COc1cc(Br)cc(C)c1NC(C)c1csc(Cl)c1. The first kappa shape index (κ1) is 14.7. The molecule has 1 atom stereocenters. The van der Waals surface area contributed by atoms with E-state index in [4.69, 9.17) is 16.3 Å². The summed E-state index contributed by atoms with van der Waals surface area (Å²) in [6.45, 7) is 4.17. The number of anilines is 1. The molecular weight excluding hydrogens is 346 g/mol. The quantitative estimate of drug-likeness (QED) is 0.760. The molecular formula is C14H15BrClNOS. The van der Waals surface area contributed by atoms with Gasteiger partial charge in [0.15, 0.2) is 0 Å². The Morgan fingerprint density at radius 2 is 2.11 bits per heavy atom. The van der Waals surface area contributed by atoms with Crippen LogP contribution in [-0.4, -0.2) is 7.11 Å². The van der Waals surface area contributed by atoms with Crippen molar-refractivity contribution >= 4 is 44.6 Å². The summed E-state index contributed by atoms with van der Waals surface area (Å²) in [4.78, 5) is 0. The van der Waals surface area contributed by atoms with E-state index >= 15 is 0 Å². The minimum Gasteiger partial charge on any atom is -0.495 e. The molecule has 2 aromatic rings. The van der Waals surface area contributed by atoms with Gasteiger partial charge >= 0.3 is 0 Å². The maximum absolute atomic E-state index is 5.98. The van der Waals surface area contributed by atoms with Gasteiger partial charge in [0.2, 0.25) is 0 Å². The van der Waals surface area contributed by atoms with Gasteiger partial charge in [-0.3, -0.25) is 0 Å².